The van der Waals surface area contributed by atoms with E-state index in [-0.39, 0.29) is 42.1 Å². The van der Waals surface area contributed by atoms with Crippen LogP contribution in [0.4, 0.5) is 0 Å². The molecule has 0 spiro atoms. The Morgan fingerprint density at radius 2 is 1.62 bits per heavy atom. The monoisotopic (exact) mass is 635 g/mol. The van der Waals surface area contributed by atoms with E-state index in [1.54, 1.807) is 18.3 Å². The number of benzene rings is 2. The number of hydrogen-bond donors (Lipinski definition) is 4. The number of thioether (sulfide) groups is 1. The molecule has 0 radical (unpaired) electrons. The normalized spacial score (nSPS) is 19.5. The first-order valence-electron chi connectivity index (χ1n) is 15.2. The van der Waals surface area contributed by atoms with Crippen molar-refractivity contribution in [1.29, 1.82) is 0 Å². The number of aromatic nitrogens is 1. The van der Waals surface area contributed by atoms with Crippen molar-refractivity contribution >= 4 is 29.5 Å². The van der Waals surface area contributed by atoms with E-state index in [0.717, 1.165) is 41.5 Å². The first kappa shape index (κ1) is 34.1. The molecule has 0 saturated carbocycles. The Morgan fingerprint density at radius 1 is 0.911 bits per heavy atom. The van der Waals surface area contributed by atoms with Gasteiger partial charge >= 0.3 is 5.97 Å². The first-order valence-corrected chi connectivity index (χ1v) is 16.2. The van der Waals surface area contributed by atoms with Crippen LogP contribution in [0.1, 0.15) is 84.5 Å². The summed E-state index contributed by atoms with van der Waals surface area (Å²) < 4.78 is 13.0. The number of nitrogens with zero attached hydrogens (tertiary/aromatic N) is 1. The molecular weight excluding hydrogens is 594 g/mol. The molecule has 0 aliphatic carbocycles. The third-order valence-electron chi connectivity index (χ3n) is 7.71. The highest BCUT2D eigenvalue weighted by atomic mass is 32.2. The maximum Gasteiger partial charge on any atom is 0.338 e. The summed E-state index contributed by atoms with van der Waals surface area (Å²) in [6.45, 7) is 4.53. The molecular formula is C34H41N3O7S. The number of carboxylic acids is 1. The molecule has 11 heteroatoms. The van der Waals surface area contributed by atoms with Crippen molar-refractivity contribution in [2.75, 3.05) is 12.3 Å². The van der Waals surface area contributed by atoms with Gasteiger partial charge in [0.25, 0.3) is 0 Å². The van der Waals surface area contributed by atoms with Crippen LogP contribution in [0.5, 0.6) is 0 Å². The van der Waals surface area contributed by atoms with Crippen molar-refractivity contribution in [2.24, 2.45) is 5.92 Å². The number of aromatic carboxylic acids is 1. The quantitative estimate of drug-likeness (QED) is 0.131. The van der Waals surface area contributed by atoms with Gasteiger partial charge in [-0.3, -0.25) is 9.59 Å². The molecule has 4 rings (SSSR count). The second kappa shape index (κ2) is 17.1. The molecule has 4 atom stereocenters. The molecule has 1 aliphatic rings. The predicted octanol–water partition coefficient (Wildman–Crippen LogP) is 5.17. The molecule has 1 aliphatic heterocycles. The summed E-state index contributed by atoms with van der Waals surface area (Å²) in [7, 11) is 0. The molecule has 1 aromatic heterocycles. The lowest BCUT2D eigenvalue weighted by Gasteiger charge is -2.41. The number of carbonyl (C=O) groups is 3. The molecule has 2 aromatic carbocycles. The van der Waals surface area contributed by atoms with E-state index in [2.05, 4.69) is 22.5 Å². The summed E-state index contributed by atoms with van der Waals surface area (Å²) in [5, 5.41) is 25.2. The van der Waals surface area contributed by atoms with Gasteiger partial charge in [0.1, 0.15) is 5.03 Å². The largest absolute Gasteiger partial charge is 0.478 e. The Balaban J connectivity index is 1.40. The Kier molecular flexibility index (Phi) is 12.9. The first-order chi connectivity index (χ1) is 21.7. The number of hydrogen-bond acceptors (Lipinski definition) is 8. The van der Waals surface area contributed by atoms with Gasteiger partial charge in [0.15, 0.2) is 6.29 Å². The fraction of sp³-hybridized carbons (Fsp3) is 0.412. The van der Waals surface area contributed by atoms with Crippen LogP contribution < -0.4 is 10.6 Å². The number of aliphatic hydroxyl groups excluding tert-OH is 1. The number of carbonyl (C=O) groups excluding carboxylic acids is 2. The summed E-state index contributed by atoms with van der Waals surface area (Å²) in [6.07, 6.45) is 3.25. The lowest BCUT2D eigenvalue weighted by Crippen LogP contribution is -2.38. The summed E-state index contributed by atoms with van der Waals surface area (Å²) >= 11 is 1.35. The minimum Gasteiger partial charge on any atom is -0.478 e. The Labute approximate surface area is 267 Å². The zero-order valence-electron chi connectivity index (χ0n) is 25.6. The van der Waals surface area contributed by atoms with Crippen LogP contribution in [0.2, 0.25) is 0 Å². The van der Waals surface area contributed by atoms with Crippen molar-refractivity contribution < 1.29 is 34.1 Å². The molecule has 2 amide bonds. The third kappa shape index (κ3) is 10.1. The number of pyridine rings is 1. The molecule has 2 heterocycles. The van der Waals surface area contributed by atoms with Gasteiger partial charge in [0.05, 0.1) is 24.4 Å². The number of carboxylic acid groups (broad SMARTS) is 1. The Morgan fingerprint density at radius 3 is 2.31 bits per heavy atom. The predicted molar refractivity (Wildman–Crippen MR) is 170 cm³/mol. The van der Waals surface area contributed by atoms with Crippen molar-refractivity contribution in [2.45, 2.75) is 76.2 Å². The highest BCUT2D eigenvalue weighted by molar-refractivity contribution is 7.99. The van der Waals surface area contributed by atoms with Gasteiger partial charge in [-0.25, -0.2) is 9.78 Å². The number of rotatable bonds is 15. The number of aliphatic hydroxyl groups is 1. The average Bonchev–Trinajstić information content (AvgIpc) is 3.05. The van der Waals surface area contributed by atoms with Crippen molar-refractivity contribution in [3.63, 3.8) is 0 Å². The van der Waals surface area contributed by atoms with Crippen LogP contribution in [0.15, 0.2) is 71.9 Å². The topological polar surface area (TPSA) is 147 Å². The van der Waals surface area contributed by atoms with E-state index in [4.69, 9.17) is 9.47 Å². The van der Waals surface area contributed by atoms with Gasteiger partial charge < -0.3 is 30.3 Å². The highest BCUT2D eigenvalue weighted by Crippen LogP contribution is 2.43. The molecule has 4 unspecified atom stereocenters. The van der Waals surface area contributed by atoms with Gasteiger partial charge in [0.2, 0.25) is 11.8 Å². The lowest BCUT2D eigenvalue weighted by molar-refractivity contribution is -0.268. The highest BCUT2D eigenvalue weighted by Gasteiger charge is 2.38. The van der Waals surface area contributed by atoms with Gasteiger partial charge in [0, 0.05) is 49.9 Å². The fourth-order valence-electron chi connectivity index (χ4n) is 5.07. The standard InChI is InChI=1S/C34H41N3O7S/c1-22-29(21-45-32-28(33(41)42)7-6-18-36-32)43-34(44-31(22)26-13-11-25(20-38)12-14-26)27-15-9-24(10-16-27)19-37-30(40)8-4-3-5-17-35-23(2)39/h6-7,9-16,18,22,29,31,34,38H,3-5,8,17,19-21H2,1-2H3,(H,35,39)(H,37,40)(H,41,42). The maximum absolute atomic E-state index is 12.3. The smallest absolute Gasteiger partial charge is 0.338 e. The maximum atomic E-state index is 12.3. The van der Waals surface area contributed by atoms with Gasteiger partial charge in [-0.15, -0.1) is 11.8 Å². The minimum absolute atomic E-state index is 0.0131. The van der Waals surface area contributed by atoms with Crippen molar-refractivity contribution in [3.05, 3.63) is 94.7 Å². The second-order valence-electron chi connectivity index (χ2n) is 11.1. The third-order valence-corrected chi connectivity index (χ3v) is 8.80. The van der Waals surface area contributed by atoms with Gasteiger partial charge in [-0.1, -0.05) is 61.9 Å². The Bertz CT molecular complexity index is 1420. The van der Waals surface area contributed by atoms with Crippen molar-refractivity contribution in [3.8, 4) is 0 Å². The molecule has 10 nitrogen and oxygen atoms in total. The molecule has 1 fully saturated rings. The van der Waals surface area contributed by atoms with E-state index in [0.29, 0.717) is 30.3 Å². The summed E-state index contributed by atoms with van der Waals surface area (Å²) in [5.41, 5.74) is 3.69. The Hall–Kier alpha value is -3.77. The number of unbranched alkanes of at least 4 members (excludes halogenated alkanes) is 2. The summed E-state index contributed by atoms with van der Waals surface area (Å²) in [4.78, 5) is 39.2. The molecule has 240 valence electrons. The van der Waals surface area contributed by atoms with Crippen molar-refractivity contribution in [1.82, 2.24) is 15.6 Å². The molecule has 0 bridgehead atoms. The van der Waals surface area contributed by atoms with Gasteiger partial charge in [-0.2, -0.15) is 0 Å². The number of amides is 2. The van der Waals surface area contributed by atoms with Crippen LogP contribution in [0.25, 0.3) is 0 Å². The average molecular weight is 636 g/mol. The zero-order chi connectivity index (χ0) is 32.2. The number of nitrogens with one attached hydrogen (secondary N) is 2. The molecule has 1 saturated heterocycles. The van der Waals surface area contributed by atoms with Crippen LogP contribution in [-0.2, 0) is 32.2 Å². The SMILES string of the molecule is CC(=O)NCCCCCC(=O)NCc1ccc(C2OC(CSc3ncccc3C(=O)O)C(C)C(c3ccc(CO)cc3)O2)cc1. The summed E-state index contributed by atoms with van der Waals surface area (Å²) in [5.74, 6) is -0.674. The zero-order valence-corrected chi connectivity index (χ0v) is 26.4. The van der Waals surface area contributed by atoms with E-state index >= 15 is 0 Å². The van der Waals surface area contributed by atoms with Crippen LogP contribution in [-0.4, -0.2) is 51.4 Å². The minimum atomic E-state index is -1.03. The van der Waals surface area contributed by atoms with Crippen LogP contribution in [0.3, 0.4) is 0 Å². The van der Waals surface area contributed by atoms with E-state index in [9.17, 15) is 24.6 Å². The molecule has 45 heavy (non-hydrogen) atoms. The lowest BCUT2D eigenvalue weighted by atomic mass is 9.91. The number of ether oxygens (including phenoxy) is 2. The van der Waals surface area contributed by atoms with E-state index < -0.39 is 12.3 Å². The van der Waals surface area contributed by atoms with Crippen LogP contribution in [0, 0.1) is 5.92 Å². The van der Waals surface area contributed by atoms with Gasteiger partial charge in [-0.05, 0) is 41.7 Å². The van der Waals surface area contributed by atoms with E-state index in [1.165, 1.54) is 18.7 Å². The molecule has 3 aromatic rings. The van der Waals surface area contributed by atoms with Crippen LogP contribution >= 0.6 is 11.8 Å². The van der Waals surface area contributed by atoms with E-state index in [1.807, 2.05) is 48.5 Å². The molecule has 4 N–H and O–H groups in total. The fourth-order valence-corrected chi connectivity index (χ4v) is 6.22. The second-order valence-corrected chi connectivity index (χ2v) is 12.1. The summed E-state index contributed by atoms with van der Waals surface area (Å²) in [6, 6.07) is 18.6.